The molecule has 2 aromatic heterocycles. The molecule has 0 saturated carbocycles. The van der Waals surface area contributed by atoms with Gasteiger partial charge in [-0.05, 0) is 24.3 Å². The third kappa shape index (κ3) is 2.94. The molecule has 0 radical (unpaired) electrons. The van der Waals surface area contributed by atoms with Crippen molar-refractivity contribution >= 4 is 17.5 Å². The monoisotopic (exact) mass is 284 g/mol. The number of carboxylic acid groups (broad SMARTS) is 1. The van der Waals surface area contributed by atoms with Gasteiger partial charge in [0.2, 0.25) is 0 Å². The van der Waals surface area contributed by atoms with Gasteiger partial charge in [-0.25, -0.2) is 14.8 Å². The molecule has 0 aliphatic carbocycles. The molecule has 108 valence electrons. The van der Waals surface area contributed by atoms with Crippen molar-refractivity contribution in [2.24, 2.45) is 0 Å². The molecular weight excluding hydrogens is 268 g/mol. The number of nitrogens with zero attached hydrogens (tertiary/aromatic N) is 4. The summed E-state index contributed by atoms with van der Waals surface area (Å²) in [7, 11) is 0. The first-order valence-corrected chi connectivity index (χ1v) is 6.84. The van der Waals surface area contributed by atoms with Crippen LogP contribution in [0.5, 0.6) is 0 Å². The molecule has 0 bridgehead atoms. The Kier molecular flexibility index (Phi) is 3.68. The van der Waals surface area contributed by atoms with Crippen molar-refractivity contribution in [2.75, 3.05) is 36.0 Å². The second kappa shape index (κ2) is 5.78. The van der Waals surface area contributed by atoms with Gasteiger partial charge in [-0.3, -0.25) is 0 Å². The van der Waals surface area contributed by atoms with E-state index in [9.17, 15) is 4.79 Å². The van der Waals surface area contributed by atoms with Crippen LogP contribution in [0.1, 0.15) is 10.5 Å². The minimum absolute atomic E-state index is 0.0830. The van der Waals surface area contributed by atoms with Crippen LogP contribution in [0.2, 0.25) is 0 Å². The fourth-order valence-electron chi connectivity index (χ4n) is 2.47. The van der Waals surface area contributed by atoms with E-state index in [1.54, 1.807) is 18.5 Å². The van der Waals surface area contributed by atoms with Gasteiger partial charge in [0.25, 0.3) is 0 Å². The van der Waals surface area contributed by atoms with Gasteiger partial charge in [0.1, 0.15) is 11.5 Å². The summed E-state index contributed by atoms with van der Waals surface area (Å²) in [6.45, 7) is 3.39. The van der Waals surface area contributed by atoms with Gasteiger partial charge >= 0.3 is 5.97 Å². The second-order valence-corrected chi connectivity index (χ2v) is 4.87. The largest absolute Gasteiger partial charge is 0.477 e. The molecule has 1 aliphatic heterocycles. The number of carbonyl (C=O) groups is 1. The number of rotatable bonds is 3. The molecule has 0 aromatic carbocycles. The number of aromatic nitrogens is 2. The molecular formula is C15H16N4O2. The van der Waals surface area contributed by atoms with Crippen LogP contribution in [0.4, 0.5) is 11.5 Å². The number of carboxylic acids is 1. The Morgan fingerprint density at radius 3 is 2.43 bits per heavy atom. The number of aromatic carboxylic acids is 1. The lowest BCUT2D eigenvalue weighted by Crippen LogP contribution is -2.46. The van der Waals surface area contributed by atoms with Crippen LogP contribution < -0.4 is 9.80 Å². The molecule has 21 heavy (non-hydrogen) atoms. The number of hydrogen-bond donors (Lipinski definition) is 1. The van der Waals surface area contributed by atoms with Crippen molar-refractivity contribution in [3.05, 3.63) is 48.4 Å². The van der Waals surface area contributed by atoms with Gasteiger partial charge in [0, 0.05) is 44.3 Å². The molecule has 0 spiro atoms. The van der Waals surface area contributed by atoms with Crippen LogP contribution in [0, 0.1) is 0 Å². The number of piperazine rings is 1. The van der Waals surface area contributed by atoms with Crippen LogP contribution >= 0.6 is 0 Å². The highest BCUT2D eigenvalue weighted by Crippen LogP contribution is 2.19. The maximum Gasteiger partial charge on any atom is 0.354 e. The topological polar surface area (TPSA) is 69.6 Å². The molecule has 0 unspecified atom stereocenters. The zero-order chi connectivity index (χ0) is 14.7. The third-order valence-electron chi connectivity index (χ3n) is 3.58. The predicted molar refractivity (Wildman–Crippen MR) is 79.9 cm³/mol. The van der Waals surface area contributed by atoms with E-state index in [-0.39, 0.29) is 5.69 Å². The van der Waals surface area contributed by atoms with Crippen molar-refractivity contribution in [1.82, 2.24) is 9.97 Å². The lowest BCUT2D eigenvalue weighted by molar-refractivity contribution is 0.0690. The Labute approximate surface area is 122 Å². The number of hydrogen-bond acceptors (Lipinski definition) is 5. The third-order valence-corrected chi connectivity index (χ3v) is 3.58. The van der Waals surface area contributed by atoms with E-state index in [0.717, 1.165) is 37.7 Å². The lowest BCUT2D eigenvalue weighted by Gasteiger charge is -2.36. The van der Waals surface area contributed by atoms with E-state index >= 15 is 0 Å². The van der Waals surface area contributed by atoms with E-state index in [4.69, 9.17) is 5.11 Å². The Hall–Kier alpha value is -2.63. The first-order chi connectivity index (χ1) is 10.2. The Bertz CT molecular complexity index is 625. The van der Waals surface area contributed by atoms with Crippen LogP contribution in [0.15, 0.2) is 42.7 Å². The standard InChI is InChI=1S/C15H16N4O2/c20-15(21)13-11-12(4-6-16-13)18-7-9-19(10-8-18)14-3-1-2-5-17-14/h1-6,11H,7-10H2,(H,20,21). The Morgan fingerprint density at radius 2 is 1.76 bits per heavy atom. The SMILES string of the molecule is O=C(O)c1cc(N2CCN(c3ccccn3)CC2)ccn1. The fraction of sp³-hybridized carbons (Fsp3) is 0.267. The zero-order valence-corrected chi connectivity index (χ0v) is 11.5. The molecule has 3 heterocycles. The van der Waals surface area contributed by atoms with E-state index in [1.807, 2.05) is 24.3 Å². The van der Waals surface area contributed by atoms with Crippen LogP contribution in [-0.2, 0) is 0 Å². The molecule has 2 aromatic rings. The molecule has 0 amide bonds. The number of pyridine rings is 2. The highest BCUT2D eigenvalue weighted by Gasteiger charge is 2.19. The summed E-state index contributed by atoms with van der Waals surface area (Å²) in [5.41, 5.74) is 0.989. The predicted octanol–water partition coefficient (Wildman–Crippen LogP) is 1.50. The maximum atomic E-state index is 11.0. The van der Waals surface area contributed by atoms with Gasteiger partial charge < -0.3 is 14.9 Å². The summed E-state index contributed by atoms with van der Waals surface area (Å²) in [5, 5.41) is 9.00. The molecule has 1 aliphatic rings. The summed E-state index contributed by atoms with van der Waals surface area (Å²) in [6.07, 6.45) is 3.34. The Morgan fingerprint density at radius 1 is 1.00 bits per heavy atom. The molecule has 1 fully saturated rings. The van der Waals surface area contributed by atoms with E-state index < -0.39 is 5.97 Å². The minimum Gasteiger partial charge on any atom is -0.477 e. The molecule has 1 saturated heterocycles. The molecule has 6 heteroatoms. The van der Waals surface area contributed by atoms with Gasteiger partial charge in [0.05, 0.1) is 0 Å². The summed E-state index contributed by atoms with van der Waals surface area (Å²) < 4.78 is 0. The highest BCUT2D eigenvalue weighted by atomic mass is 16.4. The fourth-order valence-corrected chi connectivity index (χ4v) is 2.47. The van der Waals surface area contributed by atoms with Gasteiger partial charge in [-0.15, -0.1) is 0 Å². The summed E-state index contributed by atoms with van der Waals surface area (Å²) in [4.78, 5) is 23.6. The maximum absolute atomic E-state index is 11.0. The Balaban J connectivity index is 1.68. The molecule has 1 N–H and O–H groups in total. The summed E-state index contributed by atoms with van der Waals surface area (Å²) >= 11 is 0. The normalized spacial score (nSPS) is 15.0. The van der Waals surface area contributed by atoms with Crippen molar-refractivity contribution < 1.29 is 9.90 Å². The van der Waals surface area contributed by atoms with Crippen molar-refractivity contribution in [3.8, 4) is 0 Å². The smallest absolute Gasteiger partial charge is 0.354 e. The number of anilines is 2. The highest BCUT2D eigenvalue weighted by molar-refractivity contribution is 5.86. The first-order valence-electron chi connectivity index (χ1n) is 6.84. The second-order valence-electron chi connectivity index (χ2n) is 4.87. The summed E-state index contributed by atoms with van der Waals surface area (Å²) in [6, 6.07) is 9.37. The quantitative estimate of drug-likeness (QED) is 0.921. The van der Waals surface area contributed by atoms with Gasteiger partial charge in [-0.2, -0.15) is 0 Å². The van der Waals surface area contributed by atoms with Gasteiger partial charge in [0.15, 0.2) is 0 Å². The van der Waals surface area contributed by atoms with Crippen LogP contribution in [0.3, 0.4) is 0 Å². The average molecular weight is 284 g/mol. The molecule has 0 atom stereocenters. The zero-order valence-electron chi connectivity index (χ0n) is 11.5. The molecule has 3 rings (SSSR count). The van der Waals surface area contributed by atoms with E-state index in [1.165, 1.54) is 0 Å². The minimum atomic E-state index is -0.996. The van der Waals surface area contributed by atoms with Crippen LogP contribution in [-0.4, -0.2) is 47.2 Å². The average Bonchev–Trinajstić information content (AvgIpc) is 2.56. The summed E-state index contributed by atoms with van der Waals surface area (Å²) in [5.74, 6) is -0.0120. The molecule has 6 nitrogen and oxygen atoms in total. The van der Waals surface area contributed by atoms with E-state index in [2.05, 4.69) is 19.8 Å². The first kappa shape index (κ1) is 13.4. The van der Waals surface area contributed by atoms with Crippen molar-refractivity contribution in [3.63, 3.8) is 0 Å². The van der Waals surface area contributed by atoms with Crippen molar-refractivity contribution in [2.45, 2.75) is 0 Å². The van der Waals surface area contributed by atoms with E-state index in [0.29, 0.717) is 0 Å². The van der Waals surface area contributed by atoms with Crippen LogP contribution in [0.25, 0.3) is 0 Å². The lowest BCUT2D eigenvalue weighted by atomic mass is 10.2. The van der Waals surface area contributed by atoms with Crippen molar-refractivity contribution in [1.29, 1.82) is 0 Å². The van der Waals surface area contributed by atoms with Gasteiger partial charge in [-0.1, -0.05) is 6.07 Å².